The average Bonchev–Trinajstić information content (AvgIpc) is 1.58. The van der Waals surface area contributed by atoms with E-state index in [-0.39, 0.29) is 22.0 Å². The lowest BCUT2D eigenvalue weighted by Gasteiger charge is -2.32. The minimum atomic E-state index is -0.392. The lowest BCUT2D eigenvalue weighted by Crippen LogP contribution is -2.41. The number of rotatable bonds is 16. The maximum Gasteiger partial charge on any atom is 0.494 e. The summed E-state index contributed by atoms with van der Waals surface area (Å²) in [7, 11) is 1.29. The zero-order valence-corrected chi connectivity index (χ0v) is 72.2. The fourth-order valence-corrected chi connectivity index (χ4v) is 18.7. The summed E-state index contributed by atoms with van der Waals surface area (Å²) in [6, 6.07) is 128. The molecule has 16 aromatic carbocycles. The van der Waals surface area contributed by atoms with E-state index in [0.717, 1.165) is 135 Å². The van der Waals surface area contributed by atoms with Crippen LogP contribution in [-0.2, 0) is 20.1 Å². The lowest BCUT2D eigenvalue weighted by molar-refractivity contribution is 0.00578. The molecule has 1 aliphatic heterocycles. The van der Waals surface area contributed by atoms with Gasteiger partial charge in [0.1, 0.15) is 24.6 Å². The first-order chi connectivity index (χ1) is 60.2. The molecule has 12 heteroatoms. The maximum absolute atomic E-state index is 11.9. The molecule has 18 aromatic rings. The van der Waals surface area contributed by atoms with E-state index in [9.17, 15) is 14.4 Å². The second kappa shape index (κ2) is 32.1. The molecule has 1 saturated heterocycles. The Labute approximate surface area is 732 Å². The number of methoxy groups -OCH3 is 1. The van der Waals surface area contributed by atoms with Crippen LogP contribution in [0.3, 0.4) is 0 Å². The van der Waals surface area contributed by atoms with Gasteiger partial charge in [-0.05, 0) is 299 Å². The standard InChI is InChI=1S/C53H40N2O2.C39H38BNO2.C20H12BrNO2/c1-53(2)49-12-8-7-11-45(49)46-28-25-43(33-50(46)53)54(40-19-14-37(15-20-40)36-9-5-4-6-10-36)41-21-16-38(17-22-41)39-18-30-52-48(32-39)47-31-35(34-56)13-29-51(47)55(52)42-23-26-44(57-3)27-24-42;1-37(2)35-15-11-10-14-33(35)34-25-24-32(26-36(34)37)41(30-20-16-28(17-21-30)27-12-8-7-9-13-27)31-22-18-29(19-23-31)40-42-38(3,4)39(5,6)43-40;21-15-4-8-20-18(10-15)17-9-14(12-24)3-7-19(17)22(20)16-5-1-13(11-23)2-6-16/h4-34H,1-3H3;7-26H,1-6H3;1-12H. The van der Waals surface area contributed by atoms with E-state index >= 15 is 0 Å². The van der Waals surface area contributed by atoms with Crippen molar-refractivity contribution in [1.29, 1.82) is 0 Å². The summed E-state index contributed by atoms with van der Waals surface area (Å²) in [5.41, 5.74) is 32.6. The molecule has 2 aliphatic carbocycles. The van der Waals surface area contributed by atoms with Crippen LogP contribution in [0, 0.1) is 0 Å². The van der Waals surface area contributed by atoms with Gasteiger partial charge in [-0.15, -0.1) is 0 Å². The van der Waals surface area contributed by atoms with E-state index < -0.39 is 7.12 Å². The highest BCUT2D eigenvalue weighted by Crippen LogP contribution is 2.54. The van der Waals surface area contributed by atoms with Gasteiger partial charge in [-0.2, -0.15) is 0 Å². The van der Waals surface area contributed by atoms with Crippen LogP contribution in [-0.4, -0.2) is 53.4 Å². The third kappa shape index (κ3) is 14.4. The van der Waals surface area contributed by atoms with Crippen LogP contribution >= 0.6 is 15.9 Å². The molecule has 0 bridgehead atoms. The molecule has 0 amide bonds. The molecule has 3 heterocycles. The van der Waals surface area contributed by atoms with Crippen molar-refractivity contribution in [3.63, 3.8) is 0 Å². The first kappa shape index (κ1) is 79.8. The molecule has 3 aliphatic rings. The van der Waals surface area contributed by atoms with Crippen molar-refractivity contribution < 1.29 is 28.4 Å². The Morgan fingerprint density at radius 1 is 0.306 bits per heavy atom. The molecule has 0 saturated carbocycles. The number of hydrogen-bond acceptors (Lipinski definition) is 8. The smallest absolute Gasteiger partial charge is 0.494 e. The number of carbonyl (C=O) groups is 3. The number of nitrogens with zero attached hydrogens (tertiary/aromatic N) is 4. The summed E-state index contributed by atoms with van der Waals surface area (Å²) >= 11 is 3.52. The van der Waals surface area contributed by atoms with Gasteiger partial charge >= 0.3 is 7.12 Å². The van der Waals surface area contributed by atoms with Gasteiger partial charge in [-0.1, -0.05) is 220 Å². The minimum absolute atomic E-state index is 0.0780. The van der Waals surface area contributed by atoms with Crippen LogP contribution in [0.1, 0.15) is 109 Å². The Kier molecular flexibility index (Phi) is 20.6. The zero-order valence-electron chi connectivity index (χ0n) is 70.6. The lowest BCUT2D eigenvalue weighted by atomic mass is 9.79. The van der Waals surface area contributed by atoms with Gasteiger partial charge < -0.3 is 33.0 Å². The normalized spacial score (nSPS) is 14.0. The largest absolute Gasteiger partial charge is 0.497 e. The Balaban J connectivity index is 0.000000132. The fourth-order valence-electron chi connectivity index (χ4n) is 18.4. The maximum atomic E-state index is 11.9. The van der Waals surface area contributed by atoms with E-state index in [1.165, 1.54) is 66.8 Å². The van der Waals surface area contributed by atoms with Crippen molar-refractivity contribution in [1.82, 2.24) is 9.13 Å². The molecule has 0 radical (unpaired) electrons. The Bertz CT molecular complexity index is 7130. The highest BCUT2D eigenvalue weighted by molar-refractivity contribution is 9.10. The third-order valence-corrected chi connectivity index (χ3v) is 26.2. The minimum Gasteiger partial charge on any atom is -0.497 e. The summed E-state index contributed by atoms with van der Waals surface area (Å²) in [5, 5.41) is 4.22. The number of carbonyl (C=O) groups excluding carboxylic acids is 3. The van der Waals surface area contributed by atoms with Crippen LogP contribution in [0.2, 0.25) is 0 Å². The number of aldehydes is 3. The molecule has 0 spiro atoms. The highest BCUT2D eigenvalue weighted by atomic mass is 79.9. The van der Waals surface area contributed by atoms with Gasteiger partial charge in [0.2, 0.25) is 0 Å². The van der Waals surface area contributed by atoms with Gasteiger partial charge in [0.05, 0.1) is 40.4 Å². The number of fused-ring (bicyclic) bond motifs is 12. The topological polar surface area (TPSA) is 95.2 Å². The average molecular weight is 1680 g/mol. The summed E-state index contributed by atoms with van der Waals surface area (Å²) in [6.07, 6.45) is 2.61. The number of ether oxygens (including phenoxy) is 1. The molecule has 10 nitrogen and oxygen atoms in total. The van der Waals surface area contributed by atoms with Crippen LogP contribution in [0.15, 0.2) is 368 Å². The molecule has 2 aromatic heterocycles. The van der Waals surface area contributed by atoms with E-state index in [1.807, 2.05) is 72.8 Å². The molecule has 0 unspecified atom stereocenters. The quantitative estimate of drug-likeness (QED) is 0.0697. The molecule has 0 N–H and O–H groups in total. The zero-order chi connectivity index (χ0) is 85.3. The van der Waals surface area contributed by atoms with Crippen LogP contribution in [0.5, 0.6) is 5.75 Å². The summed E-state index contributed by atoms with van der Waals surface area (Å²) < 4.78 is 23.5. The van der Waals surface area contributed by atoms with Crippen molar-refractivity contribution in [2.45, 2.75) is 77.4 Å². The number of benzene rings is 16. The van der Waals surface area contributed by atoms with Gasteiger partial charge in [0, 0.05) is 99.0 Å². The summed E-state index contributed by atoms with van der Waals surface area (Å²) in [5.74, 6) is 0.807. The first-order valence-corrected chi connectivity index (χ1v) is 42.9. The second-order valence-corrected chi connectivity index (χ2v) is 35.2. The van der Waals surface area contributed by atoms with E-state index in [1.54, 1.807) is 19.2 Å². The van der Waals surface area contributed by atoms with E-state index in [2.05, 4.69) is 369 Å². The monoisotopic (exact) mass is 1680 g/mol. The summed E-state index contributed by atoms with van der Waals surface area (Å²) in [4.78, 5) is 38.7. The third-order valence-electron chi connectivity index (χ3n) is 25.7. The molecule has 124 heavy (non-hydrogen) atoms. The van der Waals surface area contributed by atoms with Crippen molar-refractivity contribution in [3.8, 4) is 72.8 Å². The van der Waals surface area contributed by atoms with Crippen LogP contribution < -0.4 is 20.0 Å². The van der Waals surface area contributed by atoms with Gasteiger partial charge in [0.25, 0.3) is 0 Å². The number of hydrogen-bond donors (Lipinski definition) is 0. The second-order valence-electron chi connectivity index (χ2n) is 34.3. The van der Waals surface area contributed by atoms with Gasteiger partial charge in [-0.25, -0.2) is 0 Å². The van der Waals surface area contributed by atoms with Crippen LogP contribution in [0.4, 0.5) is 34.1 Å². The molecular formula is C112H90BBrN4O6. The fraction of sp³-hybridized carbons (Fsp3) is 0.116. The van der Waals surface area contributed by atoms with Crippen molar-refractivity contribution in [3.05, 3.63) is 407 Å². The number of anilines is 6. The molecule has 21 rings (SSSR count). The molecule has 0 atom stereocenters. The number of halogens is 1. The van der Waals surface area contributed by atoms with Crippen molar-refractivity contribution in [2.75, 3.05) is 16.9 Å². The Morgan fingerprint density at radius 3 is 1.06 bits per heavy atom. The Hall–Kier alpha value is -14.0. The SMILES string of the molecule is CC1(C)c2ccccc2-c2ccc(N(c3ccc(B4OC(C)(C)C(C)(C)O4)cc3)c3ccc(-c4ccccc4)cc3)cc21.COc1ccc(-n2c3ccc(C=O)cc3c3cc(-c4ccc(N(c5ccc(-c6ccccc6)cc5)c5ccc6c(c5)C(C)(C)c5ccccc5-6)cc4)ccc32)cc1.O=Cc1ccc(-n2c3ccc(Br)cc3c3cc(C=O)ccc32)cc1. The predicted octanol–water partition coefficient (Wildman–Crippen LogP) is 28.3. The first-order valence-electron chi connectivity index (χ1n) is 42.1. The Morgan fingerprint density at radius 2 is 0.637 bits per heavy atom. The van der Waals surface area contributed by atoms with Crippen LogP contribution in [0.25, 0.3) is 111 Å². The molecule has 604 valence electrons. The molecule has 1 fully saturated rings. The van der Waals surface area contributed by atoms with Gasteiger partial charge in [-0.3, -0.25) is 14.4 Å². The molecular weight excluding hydrogens is 1590 g/mol. The van der Waals surface area contributed by atoms with E-state index in [4.69, 9.17) is 14.0 Å². The predicted molar refractivity (Wildman–Crippen MR) is 515 cm³/mol. The highest BCUT2D eigenvalue weighted by Gasteiger charge is 2.52. The van der Waals surface area contributed by atoms with E-state index in [0.29, 0.717) is 16.7 Å². The number of aromatic nitrogens is 2. The van der Waals surface area contributed by atoms with Crippen molar-refractivity contribution >= 4 is 125 Å². The van der Waals surface area contributed by atoms with Gasteiger partial charge in [0.15, 0.2) is 0 Å². The summed E-state index contributed by atoms with van der Waals surface area (Å²) in [6.45, 7) is 17.7. The van der Waals surface area contributed by atoms with Crippen molar-refractivity contribution in [2.24, 2.45) is 0 Å².